The largest absolute Gasteiger partial charge is 0.467 e. The van der Waals surface area contributed by atoms with Crippen LogP contribution >= 0.6 is 23.1 Å². The van der Waals surface area contributed by atoms with Crippen molar-refractivity contribution < 1.29 is 18.8 Å². The van der Waals surface area contributed by atoms with E-state index in [9.17, 15) is 14.4 Å². The van der Waals surface area contributed by atoms with Gasteiger partial charge in [-0.2, -0.15) is 0 Å². The van der Waals surface area contributed by atoms with Crippen LogP contribution in [0.15, 0.2) is 56.8 Å². The molecule has 3 N–H and O–H groups in total. The third-order valence-corrected chi connectivity index (χ3v) is 5.78. The molecule has 0 saturated carbocycles. The molecule has 30 heavy (non-hydrogen) atoms. The van der Waals surface area contributed by atoms with Gasteiger partial charge in [0.2, 0.25) is 17.7 Å². The average molecular weight is 445 g/mol. The van der Waals surface area contributed by atoms with Crippen LogP contribution in [0.4, 0.5) is 11.4 Å². The number of carbonyl (C=O) groups excluding carboxylic acids is 3. The fraction of sp³-hybridized carbons (Fsp3) is 0.200. The van der Waals surface area contributed by atoms with Gasteiger partial charge in [-0.25, -0.2) is 4.98 Å². The first-order valence-electron chi connectivity index (χ1n) is 9.02. The lowest BCUT2D eigenvalue weighted by atomic mass is 10.2. The third-order valence-electron chi connectivity index (χ3n) is 3.71. The van der Waals surface area contributed by atoms with E-state index in [2.05, 4.69) is 20.9 Å². The van der Waals surface area contributed by atoms with E-state index < -0.39 is 0 Å². The van der Waals surface area contributed by atoms with Gasteiger partial charge in [-0.15, -0.1) is 11.3 Å². The quantitative estimate of drug-likeness (QED) is 0.437. The number of hydrogen-bond donors (Lipinski definition) is 3. The van der Waals surface area contributed by atoms with E-state index in [1.165, 1.54) is 30.0 Å². The van der Waals surface area contributed by atoms with Gasteiger partial charge in [0.15, 0.2) is 4.34 Å². The standard InChI is InChI=1S/C20H20N4O4S2/c1-13(25)22-14-4-2-5-15(8-14)23-19(27)12-30-20-24-16(11-29-20)9-18(26)21-10-17-6-3-7-28-17/h2-8,11H,9-10,12H2,1H3,(H,21,26)(H,22,25)(H,23,27). The van der Waals surface area contributed by atoms with E-state index in [4.69, 9.17) is 4.42 Å². The third kappa shape index (κ3) is 7.05. The Morgan fingerprint density at radius 1 is 1.10 bits per heavy atom. The molecule has 8 nitrogen and oxygen atoms in total. The minimum atomic E-state index is -0.187. The topological polar surface area (TPSA) is 113 Å². The van der Waals surface area contributed by atoms with E-state index in [1.54, 1.807) is 42.7 Å². The average Bonchev–Trinajstić information content (AvgIpc) is 3.36. The van der Waals surface area contributed by atoms with Crippen molar-refractivity contribution >= 4 is 52.2 Å². The molecule has 2 aromatic heterocycles. The summed E-state index contributed by atoms with van der Waals surface area (Å²) < 4.78 is 5.88. The number of thiazole rings is 1. The van der Waals surface area contributed by atoms with Gasteiger partial charge in [0.05, 0.1) is 30.7 Å². The van der Waals surface area contributed by atoms with Gasteiger partial charge in [0, 0.05) is 23.7 Å². The van der Waals surface area contributed by atoms with Gasteiger partial charge in [-0.3, -0.25) is 14.4 Å². The summed E-state index contributed by atoms with van der Waals surface area (Å²) in [5.41, 5.74) is 1.87. The summed E-state index contributed by atoms with van der Waals surface area (Å²) in [6, 6.07) is 10.5. The van der Waals surface area contributed by atoms with Gasteiger partial charge in [0.25, 0.3) is 0 Å². The Morgan fingerprint density at radius 2 is 1.90 bits per heavy atom. The smallest absolute Gasteiger partial charge is 0.234 e. The highest BCUT2D eigenvalue weighted by Gasteiger charge is 2.11. The molecular formula is C20H20N4O4S2. The number of nitrogens with zero attached hydrogens (tertiary/aromatic N) is 1. The minimum absolute atomic E-state index is 0.148. The summed E-state index contributed by atoms with van der Waals surface area (Å²) in [6.45, 7) is 1.76. The zero-order valence-electron chi connectivity index (χ0n) is 16.1. The van der Waals surface area contributed by atoms with Crippen LogP contribution in [0.2, 0.25) is 0 Å². The highest BCUT2D eigenvalue weighted by molar-refractivity contribution is 8.01. The van der Waals surface area contributed by atoms with Crippen molar-refractivity contribution in [3.63, 3.8) is 0 Å². The first-order chi connectivity index (χ1) is 14.5. The summed E-state index contributed by atoms with van der Waals surface area (Å²) in [6.07, 6.45) is 1.72. The Kier molecular flexibility index (Phi) is 7.63. The zero-order chi connectivity index (χ0) is 21.3. The summed E-state index contributed by atoms with van der Waals surface area (Å²) in [7, 11) is 0. The molecule has 0 bridgehead atoms. The number of nitrogens with one attached hydrogen (secondary N) is 3. The van der Waals surface area contributed by atoms with E-state index in [0.717, 1.165) is 0 Å². The Morgan fingerprint density at radius 3 is 2.63 bits per heavy atom. The molecule has 0 aliphatic rings. The van der Waals surface area contributed by atoms with E-state index in [-0.39, 0.29) is 29.9 Å². The lowest BCUT2D eigenvalue weighted by molar-refractivity contribution is -0.120. The van der Waals surface area contributed by atoms with Gasteiger partial charge in [-0.05, 0) is 30.3 Å². The molecular weight excluding hydrogens is 424 g/mol. The molecule has 0 aliphatic heterocycles. The van der Waals surface area contributed by atoms with Crippen molar-refractivity contribution in [3.8, 4) is 0 Å². The molecule has 156 valence electrons. The number of amides is 3. The zero-order valence-corrected chi connectivity index (χ0v) is 17.8. The van der Waals surface area contributed by atoms with Gasteiger partial charge < -0.3 is 20.4 Å². The second kappa shape index (κ2) is 10.6. The van der Waals surface area contributed by atoms with Gasteiger partial charge in [-0.1, -0.05) is 17.8 Å². The Bertz CT molecular complexity index is 1020. The summed E-state index contributed by atoms with van der Waals surface area (Å²) in [5, 5.41) is 10.0. The molecule has 3 aromatic rings. The van der Waals surface area contributed by atoms with Gasteiger partial charge in [0.1, 0.15) is 5.76 Å². The number of anilines is 2. The summed E-state index contributed by atoms with van der Waals surface area (Å²) >= 11 is 2.69. The summed E-state index contributed by atoms with van der Waals surface area (Å²) in [4.78, 5) is 39.7. The maximum Gasteiger partial charge on any atom is 0.234 e. The number of thioether (sulfide) groups is 1. The molecule has 0 radical (unpaired) electrons. The molecule has 0 spiro atoms. The molecule has 10 heteroatoms. The van der Waals surface area contributed by atoms with Crippen LogP contribution in [-0.4, -0.2) is 28.5 Å². The predicted molar refractivity (Wildman–Crippen MR) is 116 cm³/mol. The number of aromatic nitrogens is 1. The SMILES string of the molecule is CC(=O)Nc1cccc(NC(=O)CSc2nc(CC(=O)NCc3ccco3)cs2)c1. The van der Waals surface area contributed by atoms with E-state index >= 15 is 0 Å². The molecule has 3 rings (SSSR count). The number of hydrogen-bond acceptors (Lipinski definition) is 7. The Labute approximate surface area is 181 Å². The van der Waals surface area contributed by atoms with Crippen LogP contribution < -0.4 is 16.0 Å². The molecule has 3 amide bonds. The first kappa shape index (κ1) is 21.6. The molecule has 0 aliphatic carbocycles. The predicted octanol–water partition coefficient (Wildman–Crippen LogP) is 3.28. The number of furan rings is 1. The maximum atomic E-state index is 12.2. The van der Waals surface area contributed by atoms with Crippen molar-refractivity contribution in [3.05, 3.63) is 59.5 Å². The van der Waals surface area contributed by atoms with Gasteiger partial charge >= 0.3 is 0 Å². The van der Waals surface area contributed by atoms with E-state index in [1.807, 2.05) is 5.38 Å². The molecule has 0 saturated heterocycles. The molecule has 1 aromatic carbocycles. The second-order valence-corrected chi connectivity index (χ2v) is 8.32. The van der Waals surface area contributed by atoms with Crippen molar-refractivity contribution in [2.24, 2.45) is 0 Å². The molecule has 0 fully saturated rings. The van der Waals surface area contributed by atoms with Crippen molar-refractivity contribution in [2.75, 3.05) is 16.4 Å². The van der Waals surface area contributed by atoms with Crippen molar-refractivity contribution in [1.29, 1.82) is 0 Å². The monoisotopic (exact) mass is 444 g/mol. The van der Waals surface area contributed by atoms with Crippen molar-refractivity contribution in [1.82, 2.24) is 10.3 Å². The number of carbonyl (C=O) groups is 3. The van der Waals surface area contributed by atoms with Crippen LogP contribution in [0, 0.1) is 0 Å². The highest BCUT2D eigenvalue weighted by atomic mass is 32.2. The number of benzene rings is 1. The summed E-state index contributed by atoms with van der Waals surface area (Å²) in [5.74, 6) is 0.356. The number of rotatable bonds is 9. The normalized spacial score (nSPS) is 10.4. The van der Waals surface area contributed by atoms with E-state index in [0.29, 0.717) is 33.7 Å². The molecule has 0 unspecified atom stereocenters. The van der Waals surface area contributed by atoms with Crippen LogP contribution in [0.25, 0.3) is 0 Å². The lowest BCUT2D eigenvalue weighted by Gasteiger charge is -2.07. The Hall–Kier alpha value is -3.11. The van der Waals surface area contributed by atoms with Crippen LogP contribution in [0.3, 0.4) is 0 Å². The first-order valence-corrected chi connectivity index (χ1v) is 10.9. The maximum absolute atomic E-state index is 12.2. The fourth-order valence-corrected chi connectivity index (χ4v) is 4.11. The lowest BCUT2D eigenvalue weighted by Crippen LogP contribution is -2.24. The minimum Gasteiger partial charge on any atom is -0.467 e. The Balaban J connectivity index is 1.42. The van der Waals surface area contributed by atoms with Crippen LogP contribution in [0.5, 0.6) is 0 Å². The second-order valence-electron chi connectivity index (χ2n) is 6.24. The molecule has 2 heterocycles. The fourth-order valence-electron chi connectivity index (χ4n) is 2.46. The highest BCUT2D eigenvalue weighted by Crippen LogP contribution is 2.23. The van der Waals surface area contributed by atoms with Crippen molar-refractivity contribution in [2.45, 2.75) is 24.2 Å². The van der Waals surface area contributed by atoms with Crippen LogP contribution in [0.1, 0.15) is 18.4 Å². The van der Waals surface area contributed by atoms with Crippen LogP contribution in [-0.2, 0) is 27.3 Å². The molecule has 0 atom stereocenters.